The third-order valence-corrected chi connectivity index (χ3v) is 5.78. The van der Waals surface area contributed by atoms with Crippen molar-refractivity contribution in [3.63, 3.8) is 0 Å². The molecular formula is C19H26N4OS. The van der Waals surface area contributed by atoms with Crippen LogP contribution in [0.2, 0.25) is 0 Å². The summed E-state index contributed by atoms with van der Waals surface area (Å²) in [4.78, 5) is 14.7. The van der Waals surface area contributed by atoms with E-state index in [0.29, 0.717) is 0 Å². The van der Waals surface area contributed by atoms with Crippen LogP contribution in [0.4, 0.5) is 0 Å². The average Bonchev–Trinajstić information content (AvgIpc) is 3.04. The molecule has 0 saturated carbocycles. The minimum atomic E-state index is -0.141. The Morgan fingerprint density at radius 2 is 1.92 bits per heavy atom. The molecule has 0 bridgehead atoms. The second-order valence-electron chi connectivity index (χ2n) is 6.51. The number of thioether (sulfide) groups is 1. The first kappa shape index (κ1) is 18.0. The highest BCUT2D eigenvalue weighted by Gasteiger charge is 2.25. The van der Waals surface area contributed by atoms with Gasteiger partial charge in [0.25, 0.3) is 0 Å². The quantitative estimate of drug-likeness (QED) is 0.764. The van der Waals surface area contributed by atoms with Gasteiger partial charge in [-0.1, -0.05) is 36.0 Å². The Bertz CT molecular complexity index is 737. The molecule has 2 heterocycles. The summed E-state index contributed by atoms with van der Waals surface area (Å²) in [7, 11) is 0. The standard InChI is InChI=1S/C19H26N4OS/c1-4-23-17(16-11-7-6-10-14(16)2)20-21-19(23)25-15(3)18(24)22-12-8-5-9-13-22/h6-7,10-11,15H,4-5,8-9,12-13H2,1-3H3/t15-/m0/s1. The third kappa shape index (κ3) is 3.89. The normalized spacial score (nSPS) is 16.0. The van der Waals surface area contributed by atoms with E-state index in [1.807, 2.05) is 24.0 Å². The predicted octanol–water partition coefficient (Wildman–Crippen LogP) is 3.77. The molecule has 0 aliphatic carbocycles. The summed E-state index contributed by atoms with van der Waals surface area (Å²) in [6.07, 6.45) is 3.46. The molecule has 1 saturated heterocycles. The zero-order valence-corrected chi connectivity index (χ0v) is 16.1. The monoisotopic (exact) mass is 358 g/mol. The van der Waals surface area contributed by atoms with E-state index >= 15 is 0 Å². The van der Waals surface area contributed by atoms with Gasteiger partial charge in [-0.2, -0.15) is 0 Å². The van der Waals surface area contributed by atoms with Gasteiger partial charge >= 0.3 is 0 Å². The van der Waals surface area contributed by atoms with Gasteiger partial charge in [0.05, 0.1) is 5.25 Å². The van der Waals surface area contributed by atoms with Crippen molar-refractivity contribution in [1.82, 2.24) is 19.7 Å². The highest BCUT2D eigenvalue weighted by molar-refractivity contribution is 8.00. The lowest BCUT2D eigenvalue weighted by atomic mass is 10.1. The zero-order chi connectivity index (χ0) is 17.8. The molecule has 1 aromatic carbocycles. The van der Waals surface area contributed by atoms with E-state index in [1.54, 1.807) is 0 Å². The lowest BCUT2D eigenvalue weighted by Crippen LogP contribution is -2.40. The fourth-order valence-corrected chi connectivity index (χ4v) is 4.26. The van der Waals surface area contributed by atoms with E-state index in [9.17, 15) is 4.79 Å². The summed E-state index contributed by atoms with van der Waals surface area (Å²) in [5, 5.41) is 9.46. The summed E-state index contributed by atoms with van der Waals surface area (Å²) in [5.41, 5.74) is 2.28. The van der Waals surface area contributed by atoms with Crippen LogP contribution in [0.15, 0.2) is 29.4 Å². The molecule has 0 spiro atoms. The van der Waals surface area contributed by atoms with Crippen molar-refractivity contribution >= 4 is 17.7 Å². The van der Waals surface area contributed by atoms with Gasteiger partial charge in [-0.3, -0.25) is 4.79 Å². The Morgan fingerprint density at radius 1 is 1.20 bits per heavy atom. The third-order valence-electron chi connectivity index (χ3n) is 4.72. The van der Waals surface area contributed by atoms with Crippen molar-refractivity contribution in [3.8, 4) is 11.4 Å². The molecule has 5 nitrogen and oxygen atoms in total. The van der Waals surface area contributed by atoms with Gasteiger partial charge in [0.2, 0.25) is 5.91 Å². The fourth-order valence-electron chi connectivity index (χ4n) is 3.26. The van der Waals surface area contributed by atoms with Gasteiger partial charge in [-0.15, -0.1) is 10.2 Å². The van der Waals surface area contributed by atoms with E-state index in [4.69, 9.17) is 0 Å². The summed E-state index contributed by atoms with van der Waals surface area (Å²) >= 11 is 1.52. The lowest BCUT2D eigenvalue weighted by Gasteiger charge is -2.28. The number of likely N-dealkylation sites (tertiary alicyclic amines) is 1. The SMILES string of the molecule is CCn1c(S[C@@H](C)C(=O)N2CCCCC2)nnc1-c1ccccc1C. The number of amides is 1. The smallest absolute Gasteiger partial charge is 0.235 e. The first-order chi connectivity index (χ1) is 12.1. The Kier molecular flexibility index (Phi) is 5.78. The Labute approximate surface area is 153 Å². The molecule has 2 aromatic rings. The first-order valence-electron chi connectivity index (χ1n) is 9.06. The van der Waals surface area contributed by atoms with Crippen LogP contribution < -0.4 is 0 Å². The van der Waals surface area contributed by atoms with Gasteiger partial charge in [0.1, 0.15) is 0 Å². The molecule has 1 atom stereocenters. The summed E-state index contributed by atoms with van der Waals surface area (Å²) in [6.45, 7) is 8.70. The molecule has 25 heavy (non-hydrogen) atoms. The highest BCUT2D eigenvalue weighted by atomic mass is 32.2. The maximum absolute atomic E-state index is 12.7. The second-order valence-corrected chi connectivity index (χ2v) is 7.82. The van der Waals surface area contributed by atoms with Crippen molar-refractivity contribution in [2.24, 2.45) is 0 Å². The number of carbonyl (C=O) groups is 1. The molecular weight excluding hydrogens is 332 g/mol. The van der Waals surface area contributed by atoms with Crippen LogP contribution in [-0.4, -0.2) is 43.9 Å². The molecule has 1 aromatic heterocycles. The average molecular weight is 359 g/mol. The van der Waals surface area contributed by atoms with E-state index in [1.165, 1.54) is 23.7 Å². The summed E-state index contributed by atoms with van der Waals surface area (Å²) < 4.78 is 2.10. The van der Waals surface area contributed by atoms with Crippen LogP contribution in [0.5, 0.6) is 0 Å². The molecule has 6 heteroatoms. The Morgan fingerprint density at radius 3 is 2.60 bits per heavy atom. The van der Waals surface area contributed by atoms with Crippen molar-refractivity contribution in [3.05, 3.63) is 29.8 Å². The minimum absolute atomic E-state index is 0.141. The Hall–Kier alpha value is -1.82. The van der Waals surface area contributed by atoms with Gasteiger partial charge < -0.3 is 9.47 Å². The maximum Gasteiger partial charge on any atom is 0.235 e. The molecule has 134 valence electrons. The lowest BCUT2D eigenvalue weighted by molar-refractivity contribution is -0.131. The fraction of sp³-hybridized carbons (Fsp3) is 0.526. The van der Waals surface area contributed by atoms with Gasteiger partial charge in [-0.05, 0) is 45.6 Å². The molecule has 1 aliphatic heterocycles. The van der Waals surface area contributed by atoms with Crippen LogP contribution in [0.1, 0.15) is 38.7 Å². The number of benzene rings is 1. The maximum atomic E-state index is 12.7. The van der Waals surface area contributed by atoms with Crippen molar-refractivity contribution < 1.29 is 4.79 Å². The number of rotatable bonds is 5. The zero-order valence-electron chi connectivity index (χ0n) is 15.2. The van der Waals surface area contributed by atoms with E-state index in [2.05, 4.69) is 40.7 Å². The number of nitrogens with zero attached hydrogens (tertiary/aromatic N) is 4. The van der Waals surface area contributed by atoms with Crippen LogP contribution in [0.25, 0.3) is 11.4 Å². The van der Waals surface area contributed by atoms with Crippen LogP contribution >= 0.6 is 11.8 Å². The first-order valence-corrected chi connectivity index (χ1v) is 9.94. The number of aromatic nitrogens is 3. The second kappa shape index (κ2) is 8.04. The van der Waals surface area contributed by atoms with Crippen LogP contribution in [0, 0.1) is 6.92 Å². The number of hydrogen-bond donors (Lipinski definition) is 0. The predicted molar refractivity (Wildman–Crippen MR) is 102 cm³/mol. The van der Waals surface area contributed by atoms with Gasteiger partial charge in [0.15, 0.2) is 11.0 Å². The van der Waals surface area contributed by atoms with E-state index in [-0.39, 0.29) is 11.2 Å². The van der Waals surface area contributed by atoms with Crippen LogP contribution in [-0.2, 0) is 11.3 Å². The number of aryl methyl sites for hydroxylation is 1. The molecule has 0 N–H and O–H groups in total. The molecule has 0 radical (unpaired) electrons. The van der Waals surface area contributed by atoms with Crippen molar-refractivity contribution in [2.75, 3.05) is 13.1 Å². The Balaban J connectivity index is 1.79. The molecule has 3 rings (SSSR count). The van der Waals surface area contributed by atoms with Gasteiger partial charge in [-0.25, -0.2) is 0 Å². The van der Waals surface area contributed by atoms with Crippen molar-refractivity contribution in [1.29, 1.82) is 0 Å². The van der Waals surface area contributed by atoms with Gasteiger partial charge in [0, 0.05) is 25.2 Å². The summed E-state index contributed by atoms with van der Waals surface area (Å²) in [6, 6.07) is 8.20. The number of hydrogen-bond acceptors (Lipinski definition) is 4. The molecule has 0 unspecified atom stereocenters. The minimum Gasteiger partial charge on any atom is -0.342 e. The molecule has 1 amide bonds. The van der Waals surface area contributed by atoms with Crippen molar-refractivity contribution in [2.45, 2.75) is 57.0 Å². The van der Waals surface area contributed by atoms with Crippen LogP contribution in [0.3, 0.4) is 0 Å². The van der Waals surface area contributed by atoms with E-state index in [0.717, 1.165) is 49.0 Å². The topological polar surface area (TPSA) is 51.0 Å². The number of piperidine rings is 1. The molecule has 1 fully saturated rings. The molecule has 1 aliphatic rings. The number of carbonyl (C=O) groups excluding carboxylic acids is 1. The summed E-state index contributed by atoms with van der Waals surface area (Å²) in [5.74, 6) is 1.09. The van der Waals surface area contributed by atoms with E-state index < -0.39 is 0 Å². The largest absolute Gasteiger partial charge is 0.342 e. The highest BCUT2D eigenvalue weighted by Crippen LogP contribution is 2.29.